The molecule has 4 heteroatoms. The lowest BCUT2D eigenvalue weighted by molar-refractivity contribution is 0.490. The number of allylic oxidation sites excluding steroid dienone is 2. The van der Waals surface area contributed by atoms with Gasteiger partial charge in [0.25, 0.3) is 0 Å². The Kier molecular flexibility index (Phi) is 2.73. The molecule has 0 fully saturated rings. The van der Waals surface area contributed by atoms with Gasteiger partial charge in [0.1, 0.15) is 4.60 Å². The van der Waals surface area contributed by atoms with Crippen molar-refractivity contribution < 1.29 is 0 Å². The molecule has 78 valence electrons. The van der Waals surface area contributed by atoms with Crippen LogP contribution >= 0.6 is 15.9 Å². The number of nitrogens with two attached hydrogens (primary N) is 2. The van der Waals surface area contributed by atoms with E-state index in [1.807, 2.05) is 36.4 Å². The lowest BCUT2D eigenvalue weighted by Crippen LogP contribution is -2.51. The highest BCUT2D eigenvalue weighted by atomic mass is 79.9. The van der Waals surface area contributed by atoms with Gasteiger partial charge in [-0.3, -0.25) is 0 Å². The third kappa shape index (κ3) is 1.88. The van der Waals surface area contributed by atoms with Gasteiger partial charge in [0, 0.05) is 12.2 Å². The fourth-order valence-corrected chi connectivity index (χ4v) is 1.82. The highest BCUT2D eigenvalue weighted by Crippen LogP contribution is 2.26. The number of aromatic nitrogens is 1. The molecule has 0 saturated carbocycles. The van der Waals surface area contributed by atoms with Crippen molar-refractivity contribution in [2.75, 3.05) is 0 Å². The van der Waals surface area contributed by atoms with Gasteiger partial charge in [0.2, 0.25) is 0 Å². The molecule has 15 heavy (non-hydrogen) atoms. The van der Waals surface area contributed by atoms with Crippen molar-refractivity contribution in [3.8, 4) is 0 Å². The zero-order chi connectivity index (χ0) is 10.9. The molecule has 1 aromatic heterocycles. The topological polar surface area (TPSA) is 64.9 Å². The molecule has 0 saturated heterocycles. The highest BCUT2D eigenvalue weighted by molar-refractivity contribution is 9.10. The van der Waals surface area contributed by atoms with Crippen LogP contribution in [-0.4, -0.2) is 11.0 Å². The first-order valence-corrected chi connectivity index (χ1v) is 5.45. The molecule has 0 amide bonds. The van der Waals surface area contributed by atoms with Gasteiger partial charge in [0.15, 0.2) is 0 Å². The third-order valence-corrected chi connectivity index (χ3v) is 3.05. The lowest BCUT2D eigenvalue weighted by atomic mass is 9.82. The number of pyridine rings is 1. The van der Waals surface area contributed by atoms with Gasteiger partial charge in [-0.2, -0.15) is 0 Å². The molecule has 1 aliphatic rings. The van der Waals surface area contributed by atoms with E-state index in [9.17, 15) is 0 Å². The van der Waals surface area contributed by atoms with Crippen LogP contribution in [0.3, 0.4) is 0 Å². The summed E-state index contributed by atoms with van der Waals surface area (Å²) in [5.74, 6) is 0. The predicted octanol–water partition coefficient (Wildman–Crippen LogP) is 1.45. The molecule has 0 aliphatic heterocycles. The van der Waals surface area contributed by atoms with Crippen molar-refractivity contribution in [3.05, 3.63) is 52.8 Å². The normalized spacial score (nSPS) is 29.4. The monoisotopic (exact) mass is 265 g/mol. The lowest BCUT2D eigenvalue weighted by Gasteiger charge is -2.32. The summed E-state index contributed by atoms with van der Waals surface area (Å²) >= 11 is 3.29. The number of hydrogen-bond donors (Lipinski definition) is 2. The molecule has 3 nitrogen and oxygen atoms in total. The summed E-state index contributed by atoms with van der Waals surface area (Å²) in [5.41, 5.74) is 12.5. The second-order valence-electron chi connectivity index (χ2n) is 3.57. The minimum atomic E-state index is -0.650. The van der Waals surface area contributed by atoms with Crippen molar-refractivity contribution in [1.82, 2.24) is 4.98 Å². The summed E-state index contributed by atoms with van der Waals surface area (Å²) in [7, 11) is 0. The number of hydrogen-bond acceptors (Lipinski definition) is 3. The Bertz CT molecular complexity index is 410. The molecule has 1 heterocycles. The van der Waals surface area contributed by atoms with E-state index in [2.05, 4.69) is 20.9 Å². The molecule has 2 rings (SSSR count). The Balaban J connectivity index is 2.41. The highest BCUT2D eigenvalue weighted by Gasteiger charge is 2.31. The standard InChI is InChI=1S/C11H12BrN3/c12-10-5-4-8(7-15-10)11(14)6-2-1-3-9(11)13/h1-7,9H,13-14H2. The Hall–Kier alpha value is -0.970. The molecule has 4 N–H and O–H groups in total. The van der Waals surface area contributed by atoms with Crippen LogP contribution in [0.1, 0.15) is 5.56 Å². The van der Waals surface area contributed by atoms with Gasteiger partial charge < -0.3 is 11.5 Å². The van der Waals surface area contributed by atoms with Crippen LogP contribution in [0.15, 0.2) is 47.2 Å². The van der Waals surface area contributed by atoms with Crippen LogP contribution in [0.4, 0.5) is 0 Å². The Morgan fingerprint density at radius 1 is 1.33 bits per heavy atom. The fourth-order valence-electron chi connectivity index (χ4n) is 1.59. The van der Waals surface area contributed by atoms with E-state index in [1.165, 1.54) is 0 Å². The summed E-state index contributed by atoms with van der Waals surface area (Å²) in [6.07, 6.45) is 9.35. The summed E-state index contributed by atoms with van der Waals surface area (Å²) in [4.78, 5) is 4.16. The fraction of sp³-hybridized carbons (Fsp3) is 0.182. The van der Waals surface area contributed by atoms with E-state index >= 15 is 0 Å². The number of halogens is 1. The van der Waals surface area contributed by atoms with E-state index in [-0.39, 0.29) is 6.04 Å². The zero-order valence-electron chi connectivity index (χ0n) is 8.10. The maximum absolute atomic E-state index is 6.26. The van der Waals surface area contributed by atoms with Gasteiger partial charge in [-0.1, -0.05) is 30.4 Å². The van der Waals surface area contributed by atoms with Crippen molar-refractivity contribution in [2.45, 2.75) is 11.6 Å². The van der Waals surface area contributed by atoms with Gasteiger partial charge in [0.05, 0.1) is 5.54 Å². The molecule has 0 spiro atoms. The summed E-state index contributed by atoms with van der Waals surface area (Å²) in [6.45, 7) is 0. The van der Waals surface area contributed by atoms with Gasteiger partial charge in [-0.05, 0) is 27.6 Å². The van der Waals surface area contributed by atoms with Crippen molar-refractivity contribution in [2.24, 2.45) is 11.5 Å². The Morgan fingerprint density at radius 3 is 2.73 bits per heavy atom. The van der Waals surface area contributed by atoms with E-state index in [1.54, 1.807) is 6.20 Å². The maximum Gasteiger partial charge on any atom is 0.106 e. The molecule has 2 atom stereocenters. The molecule has 0 bridgehead atoms. The smallest absolute Gasteiger partial charge is 0.106 e. The van der Waals surface area contributed by atoms with E-state index in [4.69, 9.17) is 11.5 Å². The predicted molar refractivity (Wildman–Crippen MR) is 64.1 cm³/mol. The second kappa shape index (κ2) is 3.89. The third-order valence-electron chi connectivity index (χ3n) is 2.58. The Labute approximate surface area is 97.0 Å². The molecular formula is C11H12BrN3. The first-order valence-electron chi connectivity index (χ1n) is 4.65. The summed E-state index contributed by atoms with van der Waals surface area (Å²) in [6, 6.07) is 3.58. The van der Waals surface area contributed by atoms with Crippen molar-refractivity contribution >= 4 is 15.9 Å². The second-order valence-corrected chi connectivity index (χ2v) is 4.38. The van der Waals surface area contributed by atoms with Crippen molar-refractivity contribution in [1.29, 1.82) is 0 Å². The van der Waals surface area contributed by atoms with Gasteiger partial charge in [-0.15, -0.1) is 0 Å². The van der Waals surface area contributed by atoms with Crippen LogP contribution in [0.25, 0.3) is 0 Å². The molecule has 0 aromatic carbocycles. The molecular weight excluding hydrogens is 254 g/mol. The molecule has 2 unspecified atom stereocenters. The minimum Gasteiger partial charge on any atom is -0.322 e. The van der Waals surface area contributed by atoms with E-state index < -0.39 is 5.54 Å². The largest absolute Gasteiger partial charge is 0.322 e. The van der Waals surface area contributed by atoms with Crippen LogP contribution in [0.5, 0.6) is 0 Å². The molecule has 0 radical (unpaired) electrons. The SMILES string of the molecule is NC1C=CC=CC1(N)c1ccc(Br)nc1. The van der Waals surface area contributed by atoms with Crippen LogP contribution in [0, 0.1) is 0 Å². The van der Waals surface area contributed by atoms with Crippen LogP contribution < -0.4 is 11.5 Å². The summed E-state index contributed by atoms with van der Waals surface area (Å²) in [5, 5.41) is 0. The van der Waals surface area contributed by atoms with Crippen LogP contribution in [-0.2, 0) is 5.54 Å². The van der Waals surface area contributed by atoms with Gasteiger partial charge in [-0.25, -0.2) is 4.98 Å². The van der Waals surface area contributed by atoms with Crippen LogP contribution in [0.2, 0.25) is 0 Å². The summed E-state index contributed by atoms with van der Waals surface area (Å²) < 4.78 is 0.791. The maximum atomic E-state index is 6.26. The average Bonchev–Trinajstić information content (AvgIpc) is 2.23. The minimum absolute atomic E-state index is 0.217. The van der Waals surface area contributed by atoms with Crippen molar-refractivity contribution in [3.63, 3.8) is 0 Å². The van der Waals surface area contributed by atoms with E-state index in [0.717, 1.165) is 10.2 Å². The Morgan fingerprint density at radius 2 is 2.13 bits per heavy atom. The van der Waals surface area contributed by atoms with Gasteiger partial charge >= 0.3 is 0 Å². The zero-order valence-corrected chi connectivity index (χ0v) is 9.68. The number of nitrogens with zero attached hydrogens (tertiary/aromatic N) is 1. The van der Waals surface area contributed by atoms with E-state index in [0.29, 0.717) is 0 Å². The molecule has 1 aliphatic carbocycles. The molecule has 1 aromatic rings. The average molecular weight is 266 g/mol. The first kappa shape index (κ1) is 10.5. The quantitative estimate of drug-likeness (QED) is 0.756. The first-order chi connectivity index (χ1) is 7.13. The number of rotatable bonds is 1.